The Hall–Kier alpha value is 0.690. The van der Waals surface area contributed by atoms with E-state index >= 15 is 0 Å². The zero-order valence-electron chi connectivity index (χ0n) is 5.28. The van der Waals surface area contributed by atoms with Gasteiger partial charge in [0.25, 0.3) is 0 Å². The molecule has 0 aromatic heterocycles. The van der Waals surface area contributed by atoms with E-state index in [9.17, 15) is 0 Å². The molecular formula is C6H11IO. The van der Waals surface area contributed by atoms with Crippen molar-refractivity contribution in [1.82, 2.24) is 0 Å². The first-order valence-corrected chi connectivity index (χ1v) is 3.88. The highest BCUT2D eigenvalue weighted by Crippen LogP contribution is 2.51. The minimum absolute atomic E-state index is 0.529. The maximum Gasteiger partial charge on any atom is 0.110 e. The molecule has 2 atom stereocenters. The van der Waals surface area contributed by atoms with Crippen molar-refractivity contribution >= 4 is 23.0 Å². The third-order valence-electron chi connectivity index (χ3n) is 2.18. The molecule has 2 heteroatoms. The van der Waals surface area contributed by atoms with Crippen LogP contribution < -0.4 is 0 Å². The largest absolute Gasteiger partial charge is 0.312 e. The van der Waals surface area contributed by atoms with E-state index in [0.717, 1.165) is 0 Å². The van der Waals surface area contributed by atoms with Gasteiger partial charge in [0, 0.05) is 0 Å². The van der Waals surface area contributed by atoms with Gasteiger partial charge < -0.3 is 3.07 Å². The van der Waals surface area contributed by atoms with Crippen molar-refractivity contribution in [2.75, 3.05) is 0 Å². The predicted octanol–water partition coefficient (Wildman–Crippen LogP) is 2.54. The van der Waals surface area contributed by atoms with Gasteiger partial charge in [-0.05, 0) is 18.3 Å². The topological polar surface area (TPSA) is 9.23 Å². The van der Waals surface area contributed by atoms with Crippen LogP contribution in [0.1, 0.15) is 26.7 Å². The zero-order chi connectivity index (χ0) is 6.20. The maximum atomic E-state index is 5.14. The monoisotopic (exact) mass is 226 g/mol. The Morgan fingerprint density at radius 1 is 1.88 bits per heavy atom. The molecule has 0 aromatic rings. The first-order chi connectivity index (χ1) is 3.73. The summed E-state index contributed by atoms with van der Waals surface area (Å²) < 4.78 is 5.14. The molecule has 0 N–H and O–H groups in total. The molecule has 8 heavy (non-hydrogen) atoms. The van der Waals surface area contributed by atoms with E-state index in [-0.39, 0.29) is 0 Å². The van der Waals surface area contributed by atoms with Crippen molar-refractivity contribution in [3.05, 3.63) is 0 Å². The molecule has 1 nitrogen and oxygen atoms in total. The van der Waals surface area contributed by atoms with Crippen molar-refractivity contribution < 1.29 is 3.07 Å². The Morgan fingerprint density at radius 3 is 2.62 bits per heavy atom. The zero-order valence-corrected chi connectivity index (χ0v) is 7.44. The average Bonchev–Trinajstić information content (AvgIpc) is 2.44. The second-order valence-electron chi connectivity index (χ2n) is 2.79. The van der Waals surface area contributed by atoms with E-state index in [1.54, 1.807) is 0 Å². The summed E-state index contributed by atoms with van der Waals surface area (Å²) in [7, 11) is 0. The molecule has 0 radical (unpaired) electrons. The van der Waals surface area contributed by atoms with E-state index in [1.165, 1.54) is 12.8 Å². The van der Waals surface area contributed by atoms with Crippen molar-refractivity contribution in [3.8, 4) is 0 Å². The molecule has 48 valence electrons. The summed E-state index contributed by atoms with van der Waals surface area (Å²) in [5, 5.41) is 0. The molecule has 0 aromatic carbocycles. The molecule has 0 saturated heterocycles. The normalized spacial score (nSPS) is 44.6. The Kier molecular flexibility index (Phi) is 1.82. The summed E-state index contributed by atoms with van der Waals surface area (Å²) in [5.41, 5.74) is 0.529. The molecule has 0 heterocycles. The predicted molar refractivity (Wildman–Crippen MR) is 41.9 cm³/mol. The molecule has 2 unspecified atom stereocenters. The van der Waals surface area contributed by atoms with Crippen LogP contribution in [0.25, 0.3) is 0 Å². The van der Waals surface area contributed by atoms with E-state index in [4.69, 9.17) is 3.07 Å². The van der Waals surface area contributed by atoms with Crippen LogP contribution in [0.2, 0.25) is 0 Å². The number of hydrogen-bond acceptors (Lipinski definition) is 1. The molecule has 0 spiro atoms. The van der Waals surface area contributed by atoms with Crippen molar-refractivity contribution in [3.63, 3.8) is 0 Å². The van der Waals surface area contributed by atoms with E-state index in [1.807, 2.05) is 23.0 Å². The van der Waals surface area contributed by atoms with Gasteiger partial charge in [0.2, 0.25) is 0 Å². The van der Waals surface area contributed by atoms with Gasteiger partial charge >= 0.3 is 0 Å². The molecule has 1 aliphatic rings. The van der Waals surface area contributed by atoms with Crippen LogP contribution in [0.4, 0.5) is 0 Å². The highest BCUT2D eigenvalue weighted by Gasteiger charge is 2.49. The molecule has 1 fully saturated rings. The van der Waals surface area contributed by atoms with Crippen LogP contribution in [0, 0.1) is 5.41 Å². The molecule has 1 aliphatic carbocycles. The fourth-order valence-electron chi connectivity index (χ4n) is 0.876. The van der Waals surface area contributed by atoms with Crippen LogP contribution in [-0.2, 0) is 3.07 Å². The smallest absolute Gasteiger partial charge is 0.110 e. The molecule has 0 bridgehead atoms. The molecule has 0 amide bonds. The van der Waals surface area contributed by atoms with Gasteiger partial charge in [0.15, 0.2) is 0 Å². The lowest BCUT2D eigenvalue weighted by Crippen LogP contribution is -1.97. The van der Waals surface area contributed by atoms with Gasteiger partial charge in [0.1, 0.15) is 23.0 Å². The van der Waals surface area contributed by atoms with Gasteiger partial charge in [-0.3, -0.25) is 0 Å². The van der Waals surface area contributed by atoms with Gasteiger partial charge in [0.05, 0.1) is 6.10 Å². The van der Waals surface area contributed by atoms with Crippen LogP contribution in [-0.4, -0.2) is 6.10 Å². The Morgan fingerprint density at radius 2 is 2.50 bits per heavy atom. The van der Waals surface area contributed by atoms with Crippen LogP contribution in [0.3, 0.4) is 0 Å². The fourth-order valence-corrected chi connectivity index (χ4v) is 1.67. The first kappa shape index (κ1) is 6.81. The SMILES string of the molecule is CCC1(C)CC1OI. The summed E-state index contributed by atoms with van der Waals surface area (Å²) in [5.74, 6) is 0. The summed E-state index contributed by atoms with van der Waals surface area (Å²) in [6, 6.07) is 0. The lowest BCUT2D eigenvalue weighted by atomic mass is 10.1. The van der Waals surface area contributed by atoms with Crippen LogP contribution >= 0.6 is 23.0 Å². The molecule has 0 aliphatic heterocycles. The summed E-state index contributed by atoms with van der Waals surface area (Å²) in [6.07, 6.45) is 3.06. The Bertz CT molecular complexity index is 94.5. The minimum Gasteiger partial charge on any atom is -0.312 e. The third-order valence-corrected chi connectivity index (χ3v) is 2.80. The number of halogens is 1. The van der Waals surface area contributed by atoms with Gasteiger partial charge in [-0.15, -0.1) is 0 Å². The summed E-state index contributed by atoms with van der Waals surface area (Å²) in [4.78, 5) is 0. The quantitative estimate of drug-likeness (QED) is 0.657. The first-order valence-electron chi connectivity index (χ1n) is 3.00. The summed E-state index contributed by atoms with van der Waals surface area (Å²) >= 11 is 1.99. The van der Waals surface area contributed by atoms with Crippen molar-refractivity contribution in [2.45, 2.75) is 32.8 Å². The van der Waals surface area contributed by atoms with E-state index in [0.29, 0.717) is 11.5 Å². The van der Waals surface area contributed by atoms with E-state index < -0.39 is 0 Å². The Balaban J connectivity index is 2.31. The van der Waals surface area contributed by atoms with Crippen molar-refractivity contribution in [1.29, 1.82) is 0 Å². The maximum absolute atomic E-state index is 5.14. The standard InChI is InChI=1S/C6H11IO/c1-3-6(2)4-5(6)8-7/h5H,3-4H2,1-2H3. The third kappa shape index (κ3) is 1.00. The molecule has 1 saturated carbocycles. The second kappa shape index (κ2) is 2.14. The lowest BCUT2D eigenvalue weighted by Gasteiger charge is -2.02. The number of rotatable bonds is 2. The average molecular weight is 226 g/mol. The van der Waals surface area contributed by atoms with Crippen molar-refractivity contribution in [2.24, 2.45) is 5.41 Å². The highest BCUT2D eigenvalue weighted by molar-refractivity contribution is 14.1. The molecular weight excluding hydrogens is 215 g/mol. The number of hydrogen-bond donors (Lipinski definition) is 0. The van der Waals surface area contributed by atoms with Gasteiger partial charge in [-0.2, -0.15) is 0 Å². The summed E-state index contributed by atoms with van der Waals surface area (Å²) in [6.45, 7) is 4.49. The van der Waals surface area contributed by atoms with Crippen LogP contribution in [0.15, 0.2) is 0 Å². The Labute approximate surface area is 64.5 Å². The second-order valence-corrected chi connectivity index (χ2v) is 3.30. The minimum atomic E-state index is 0.529. The highest BCUT2D eigenvalue weighted by atomic mass is 127. The molecule has 1 rings (SSSR count). The van der Waals surface area contributed by atoms with Crippen LogP contribution in [0.5, 0.6) is 0 Å². The van der Waals surface area contributed by atoms with Gasteiger partial charge in [-0.1, -0.05) is 13.8 Å². The van der Waals surface area contributed by atoms with E-state index in [2.05, 4.69) is 13.8 Å². The van der Waals surface area contributed by atoms with Gasteiger partial charge in [-0.25, -0.2) is 0 Å². The lowest BCUT2D eigenvalue weighted by molar-refractivity contribution is 0.328. The fraction of sp³-hybridized carbons (Fsp3) is 1.00.